The van der Waals surface area contributed by atoms with E-state index in [9.17, 15) is 4.79 Å². The Kier molecular flexibility index (Phi) is 6.62. The third kappa shape index (κ3) is 5.57. The molecule has 7 nitrogen and oxygen atoms in total. The molecule has 0 aliphatic heterocycles. The van der Waals surface area contributed by atoms with Crippen LogP contribution in [-0.4, -0.2) is 33.9 Å². The van der Waals surface area contributed by atoms with Crippen LogP contribution >= 0.6 is 0 Å². The van der Waals surface area contributed by atoms with E-state index in [4.69, 9.17) is 4.74 Å². The molecule has 0 aliphatic carbocycles. The standard InChI is InChI=1S/C21H25N5O2/c1-16(3-4-17-7-11-20(28-2)12-8-17)25-21(27)23-13-18-5-9-19(10-6-18)26-15-22-14-24-26/h5-12,14-16H,3-4,13H2,1-2H3,(H2,23,25,27)/t16-/m0/s1. The number of benzene rings is 2. The van der Waals surface area contributed by atoms with E-state index in [1.54, 1.807) is 18.1 Å². The Balaban J connectivity index is 1.39. The molecule has 0 aliphatic rings. The third-order valence-electron chi connectivity index (χ3n) is 4.48. The molecular weight excluding hydrogens is 354 g/mol. The number of hydrogen-bond acceptors (Lipinski definition) is 4. The molecule has 0 unspecified atom stereocenters. The van der Waals surface area contributed by atoms with Crippen molar-refractivity contribution in [3.8, 4) is 11.4 Å². The predicted molar refractivity (Wildman–Crippen MR) is 108 cm³/mol. The van der Waals surface area contributed by atoms with Crippen LogP contribution in [0.25, 0.3) is 5.69 Å². The number of carbonyl (C=O) groups is 1. The van der Waals surface area contributed by atoms with Crippen molar-refractivity contribution in [1.29, 1.82) is 0 Å². The summed E-state index contributed by atoms with van der Waals surface area (Å²) in [4.78, 5) is 16.0. The lowest BCUT2D eigenvalue weighted by Gasteiger charge is -2.15. The Morgan fingerprint density at radius 3 is 2.46 bits per heavy atom. The zero-order valence-corrected chi connectivity index (χ0v) is 16.1. The van der Waals surface area contributed by atoms with Gasteiger partial charge in [-0.05, 0) is 55.2 Å². The van der Waals surface area contributed by atoms with Gasteiger partial charge in [0.05, 0.1) is 12.8 Å². The van der Waals surface area contributed by atoms with Gasteiger partial charge in [-0.2, -0.15) is 5.10 Å². The first-order valence-electron chi connectivity index (χ1n) is 9.25. The molecule has 28 heavy (non-hydrogen) atoms. The summed E-state index contributed by atoms with van der Waals surface area (Å²) in [6, 6.07) is 15.7. The number of carbonyl (C=O) groups excluding carboxylic acids is 1. The summed E-state index contributed by atoms with van der Waals surface area (Å²) in [5.74, 6) is 0.851. The molecule has 1 atom stereocenters. The molecular formula is C21H25N5O2. The van der Waals surface area contributed by atoms with Gasteiger partial charge in [0, 0.05) is 12.6 Å². The van der Waals surface area contributed by atoms with E-state index in [1.165, 1.54) is 11.9 Å². The van der Waals surface area contributed by atoms with E-state index in [1.807, 2.05) is 43.3 Å². The molecule has 7 heteroatoms. The lowest BCUT2D eigenvalue weighted by Crippen LogP contribution is -2.40. The van der Waals surface area contributed by atoms with Crippen LogP contribution in [0, 0.1) is 0 Å². The van der Waals surface area contributed by atoms with Crippen molar-refractivity contribution in [2.45, 2.75) is 32.4 Å². The lowest BCUT2D eigenvalue weighted by molar-refractivity contribution is 0.237. The zero-order chi connectivity index (χ0) is 19.8. The highest BCUT2D eigenvalue weighted by molar-refractivity contribution is 5.74. The number of amides is 2. The number of methoxy groups -OCH3 is 1. The number of rotatable bonds is 8. The van der Waals surface area contributed by atoms with E-state index in [2.05, 4.69) is 32.8 Å². The van der Waals surface area contributed by atoms with Crippen molar-refractivity contribution < 1.29 is 9.53 Å². The second-order valence-corrected chi connectivity index (χ2v) is 6.62. The molecule has 146 valence electrons. The molecule has 3 aromatic rings. The number of nitrogens with zero attached hydrogens (tertiary/aromatic N) is 3. The number of nitrogens with one attached hydrogen (secondary N) is 2. The van der Waals surface area contributed by atoms with Gasteiger partial charge in [0.2, 0.25) is 0 Å². The molecule has 2 amide bonds. The summed E-state index contributed by atoms with van der Waals surface area (Å²) in [6.45, 7) is 2.48. The van der Waals surface area contributed by atoms with Gasteiger partial charge in [0.15, 0.2) is 0 Å². The molecule has 0 spiro atoms. The lowest BCUT2D eigenvalue weighted by atomic mass is 10.1. The summed E-state index contributed by atoms with van der Waals surface area (Å²) in [5, 5.41) is 9.97. The van der Waals surface area contributed by atoms with Crippen LogP contribution in [0.5, 0.6) is 5.75 Å². The Labute approximate surface area is 164 Å². The first-order chi connectivity index (χ1) is 13.6. The summed E-state index contributed by atoms with van der Waals surface area (Å²) in [7, 11) is 1.66. The largest absolute Gasteiger partial charge is 0.497 e. The van der Waals surface area contributed by atoms with Crippen LogP contribution in [0.4, 0.5) is 4.79 Å². The van der Waals surface area contributed by atoms with Gasteiger partial charge >= 0.3 is 6.03 Å². The van der Waals surface area contributed by atoms with E-state index >= 15 is 0 Å². The van der Waals surface area contributed by atoms with E-state index in [0.717, 1.165) is 29.8 Å². The fourth-order valence-electron chi connectivity index (χ4n) is 2.81. The Bertz CT molecular complexity index is 861. The predicted octanol–water partition coefficient (Wildman–Crippen LogP) is 3.10. The molecule has 0 radical (unpaired) electrons. The van der Waals surface area contributed by atoms with E-state index in [0.29, 0.717) is 6.54 Å². The second kappa shape index (κ2) is 9.55. The average Bonchev–Trinajstić information content (AvgIpc) is 3.26. The topological polar surface area (TPSA) is 81.1 Å². The number of aromatic nitrogens is 3. The number of urea groups is 1. The van der Waals surface area contributed by atoms with Gasteiger partial charge in [-0.15, -0.1) is 0 Å². The van der Waals surface area contributed by atoms with Gasteiger partial charge < -0.3 is 15.4 Å². The molecule has 3 rings (SSSR count). The van der Waals surface area contributed by atoms with Crippen LogP contribution in [0.1, 0.15) is 24.5 Å². The van der Waals surface area contributed by atoms with Gasteiger partial charge in [0.1, 0.15) is 18.4 Å². The number of aryl methyl sites for hydroxylation is 1. The highest BCUT2D eigenvalue weighted by atomic mass is 16.5. The SMILES string of the molecule is COc1ccc(CC[C@H](C)NC(=O)NCc2ccc(-n3cncn3)cc2)cc1. The van der Waals surface area contributed by atoms with Crippen molar-refractivity contribution in [2.75, 3.05) is 7.11 Å². The maximum Gasteiger partial charge on any atom is 0.315 e. The zero-order valence-electron chi connectivity index (χ0n) is 16.1. The fraction of sp³-hybridized carbons (Fsp3) is 0.286. The number of ether oxygens (including phenoxy) is 1. The normalized spacial score (nSPS) is 11.6. The minimum absolute atomic E-state index is 0.0804. The van der Waals surface area contributed by atoms with Crippen molar-refractivity contribution in [2.24, 2.45) is 0 Å². The second-order valence-electron chi connectivity index (χ2n) is 6.62. The quantitative estimate of drug-likeness (QED) is 0.630. The molecule has 2 aromatic carbocycles. The molecule has 0 bridgehead atoms. The summed E-state index contributed by atoms with van der Waals surface area (Å²) in [5.41, 5.74) is 3.17. The van der Waals surface area contributed by atoms with Crippen LogP contribution in [-0.2, 0) is 13.0 Å². The van der Waals surface area contributed by atoms with Crippen LogP contribution < -0.4 is 15.4 Å². The van der Waals surface area contributed by atoms with Crippen LogP contribution in [0.15, 0.2) is 61.2 Å². The van der Waals surface area contributed by atoms with E-state index in [-0.39, 0.29) is 12.1 Å². The molecule has 0 saturated heterocycles. The smallest absolute Gasteiger partial charge is 0.315 e. The Morgan fingerprint density at radius 1 is 1.11 bits per heavy atom. The minimum Gasteiger partial charge on any atom is -0.497 e. The summed E-state index contributed by atoms with van der Waals surface area (Å²) in [6.07, 6.45) is 4.91. The highest BCUT2D eigenvalue weighted by Crippen LogP contribution is 2.13. The molecule has 0 saturated carbocycles. The first kappa shape index (κ1) is 19.4. The van der Waals surface area contributed by atoms with Crippen molar-refractivity contribution in [1.82, 2.24) is 25.4 Å². The van der Waals surface area contributed by atoms with Crippen molar-refractivity contribution in [3.63, 3.8) is 0 Å². The summed E-state index contributed by atoms with van der Waals surface area (Å²) < 4.78 is 6.85. The number of hydrogen-bond donors (Lipinski definition) is 2. The monoisotopic (exact) mass is 379 g/mol. The van der Waals surface area contributed by atoms with Crippen molar-refractivity contribution >= 4 is 6.03 Å². The van der Waals surface area contributed by atoms with Gasteiger partial charge in [0.25, 0.3) is 0 Å². The first-order valence-corrected chi connectivity index (χ1v) is 9.25. The Morgan fingerprint density at radius 2 is 1.82 bits per heavy atom. The van der Waals surface area contributed by atoms with Crippen LogP contribution in [0.3, 0.4) is 0 Å². The fourth-order valence-corrected chi connectivity index (χ4v) is 2.81. The third-order valence-corrected chi connectivity index (χ3v) is 4.48. The molecule has 2 N–H and O–H groups in total. The maximum atomic E-state index is 12.1. The van der Waals surface area contributed by atoms with Gasteiger partial charge in [-0.25, -0.2) is 14.5 Å². The minimum atomic E-state index is -0.164. The molecule has 1 aromatic heterocycles. The van der Waals surface area contributed by atoms with Gasteiger partial charge in [-0.3, -0.25) is 0 Å². The average molecular weight is 379 g/mol. The maximum absolute atomic E-state index is 12.1. The van der Waals surface area contributed by atoms with E-state index < -0.39 is 0 Å². The molecule has 1 heterocycles. The summed E-state index contributed by atoms with van der Waals surface area (Å²) >= 11 is 0. The molecule has 0 fully saturated rings. The van der Waals surface area contributed by atoms with Crippen LogP contribution in [0.2, 0.25) is 0 Å². The van der Waals surface area contributed by atoms with Crippen molar-refractivity contribution in [3.05, 3.63) is 72.3 Å². The van der Waals surface area contributed by atoms with Gasteiger partial charge in [-0.1, -0.05) is 24.3 Å². The highest BCUT2D eigenvalue weighted by Gasteiger charge is 2.07. The Hall–Kier alpha value is -3.35.